The smallest absolute Gasteiger partial charge is 0.153 e. The first-order valence-electron chi connectivity index (χ1n) is 8.39. The van der Waals surface area contributed by atoms with Crippen molar-refractivity contribution in [3.63, 3.8) is 0 Å². The lowest BCUT2D eigenvalue weighted by Gasteiger charge is -2.08. The Balaban J connectivity index is 1.61. The molecular formula is C22H18N4. The summed E-state index contributed by atoms with van der Waals surface area (Å²) >= 11 is 0. The van der Waals surface area contributed by atoms with Crippen molar-refractivity contribution >= 4 is 40.2 Å². The fourth-order valence-corrected chi connectivity index (χ4v) is 2.83. The summed E-state index contributed by atoms with van der Waals surface area (Å²) in [6.45, 7) is 0. The summed E-state index contributed by atoms with van der Waals surface area (Å²) < 4.78 is 0. The molecule has 0 radical (unpaired) electrons. The molecule has 4 heteroatoms. The van der Waals surface area contributed by atoms with E-state index in [1.165, 1.54) is 0 Å². The number of hydrogen-bond acceptors (Lipinski definition) is 4. The van der Waals surface area contributed by atoms with Gasteiger partial charge in [-0.05, 0) is 47.5 Å². The lowest BCUT2D eigenvalue weighted by molar-refractivity contribution is 1.31. The number of aromatic nitrogens is 2. The van der Waals surface area contributed by atoms with Gasteiger partial charge in [-0.15, -0.1) is 0 Å². The van der Waals surface area contributed by atoms with Gasteiger partial charge in [0.25, 0.3) is 0 Å². The van der Waals surface area contributed by atoms with Gasteiger partial charge in [0.05, 0.1) is 11.2 Å². The van der Waals surface area contributed by atoms with Crippen LogP contribution in [0.4, 0.5) is 17.2 Å². The zero-order chi connectivity index (χ0) is 17.8. The number of fused-ring (bicyclic) bond motifs is 1. The Morgan fingerprint density at radius 3 is 2.65 bits per heavy atom. The minimum Gasteiger partial charge on any atom is -0.396 e. The van der Waals surface area contributed by atoms with E-state index in [1.807, 2.05) is 54.7 Å². The molecule has 0 unspecified atom stereocenters. The van der Waals surface area contributed by atoms with Crippen LogP contribution in [0.25, 0.3) is 23.1 Å². The number of nitrogen functional groups attached to an aromatic ring is 1. The molecule has 0 atom stereocenters. The molecule has 0 saturated carbocycles. The van der Waals surface area contributed by atoms with Gasteiger partial charge in [0.2, 0.25) is 0 Å². The topological polar surface area (TPSA) is 63.8 Å². The monoisotopic (exact) mass is 338 g/mol. The van der Waals surface area contributed by atoms with Crippen LogP contribution in [0, 0.1) is 0 Å². The van der Waals surface area contributed by atoms with Crippen LogP contribution in [0.2, 0.25) is 0 Å². The van der Waals surface area contributed by atoms with Crippen molar-refractivity contribution in [2.45, 2.75) is 0 Å². The number of pyridine rings is 2. The second-order valence-corrected chi connectivity index (χ2v) is 5.94. The zero-order valence-corrected chi connectivity index (χ0v) is 14.1. The molecule has 0 fully saturated rings. The number of para-hydroxylation sites is 1. The van der Waals surface area contributed by atoms with E-state index in [2.05, 4.69) is 45.6 Å². The molecule has 3 N–H and O–H groups in total. The first-order valence-corrected chi connectivity index (χ1v) is 8.39. The molecule has 4 nitrogen and oxygen atoms in total. The minimum absolute atomic E-state index is 0.622. The standard InChI is InChI=1S/C22H18N4/c23-20-8-4-13-25-22(20)26-18-6-3-5-16(15-18)10-11-17-12-14-24-21-9-2-1-7-19(17)21/h1-15H,23H2,(H,25,26)/b11-10+. The fraction of sp³-hybridized carbons (Fsp3) is 0. The van der Waals surface area contributed by atoms with Gasteiger partial charge in [-0.2, -0.15) is 0 Å². The van der Waals surface area contributed by atoms with Crippen LogP contribution in [0.1, 0.15) is 11.1 Å². The Labute approximate surface area is 152 Å². The predicted octanol–water partition coefficient (Wildman–Crippen LogP) is 5.13. The van der Waals surface area contributed by atoms with E-state index in [4.69, 9.17) is 5.73 Å². The molecule has 0 aliphatic rings. The van der Waals surface area contributed by atoms with Gasteiger partial charge < -0.3 is 11.1 Å². The Kier molecular flexibility index (Phi) is 4.31. The molecule has 0 saturated heterocycles. The van der Waals surface area contributed by atoms with E-state index < -0.39 is 0 Å². The summed E-state index contributed by atoms with van der Waals surface area (Å²) in [5.41, 5.74) is 10.7. The molecule has 0 aliphatic carbocycles. The molecule has 4 aromatic rings. The average Bonchev–Trinajstić information content (AvgIpc) is 2.68. The highest BCUT2D eigenvalue weighted by molar-refractivity contribution is 5.90. The van der Waals surface area contributed by atoms with Crippen molar-refractivity contribution in [1.29, 1.82) is 0 Å². The third-order valence-electron chi connectivity index (χ3n) is 4.13. The molecular weight excluding hydrogens is 320 g/mol. The summed E-state index contributed by atoms with van der Waals surface area (Å²) in [4.78, 5) is 8.67. The van der Waals surface area contributed by atoms with Gasteiger partial charge >= 0.3 is 0 Å². The summed E-state index contributed by atoms with van der Waals surface area (Å²) in [5.74, 6) is 0.661. The van der Waals surface area contributed by atoms with E-state index in [1.54, 1.807) is 6.20 Å². The molecule has 0 bridgehead atoms. The van der Waals surface area contributed by atoms with Crippen LogP contribution in [-0.2, 0) is 0 Å². The lowest BCUT2D eigenvalue weighted by atomic mass is 10.1. The van der Waals surface area contributed by atoms with Crippen LogP contribution in [0.3, 0.4) is 0 Å². The number of benzene rings is 2. The van der Waals surface area contributed by atoms with Crippen LogP contribution >= 0.6 is 0 Å². The number of nitrogens with one attached hydrogen (secondary N) is 1. The summed E-state index contributed by atoms with van der Waals surface area (Å²) in [6.07, 6.45) is 7.76. The molecule has 2 heterocycles. The molecule has 0 amide bonds. The van der Waals surface area contributed by atoms with Gasteiger partial charge in [-0.1, -0.05) is 42.5 Å². The molecule has 26 heavy (non-hydrogen) atoms. The second-order valence-electron chi connectivity index (χ2n) is 5.94. The predicted molar refractivity (Wildman–Crippen MR) is 109 cm³/mol. The van der Waals surface area contributed by atoms with Crippen molar-refractivity contribution in [2.75, 3.05) is 11.1 Å². The lowest BCUT2D eigenvalue weighted by Crippen LogP contribution is -1.98. The minimum atomic E-state index is 0.622. The summed E-state index contributed by atoms with van der Waals surface area (Å²) in [6, 6.07) is 21.9. The molecule has 0 aliphatic heterocycles. The van der Waals surface area contributed by atoms with Gasteiger partial charge in [0, 0.05) is 23.5 Å². The maximum atomic E-state index is 5.95. The van der Waals surface area contributed by atoms with Crippen molar-refractivity contribution in [1.82, 2.24) is 9.97 Å². The average molecular weight is 338 g/mol. The summed E-state index contributed by atoms with van der Waals surface area (Å²) in [7, 11) is 0. The molecule has 2 aromatic carbocycles. The largest absolute Gasteiger partial charge is 0.396 e. The number of hydrogen-bond donors (Lipinski definition) is 2. The summed E-state index contributed by atoms with van der Waals surface area (Å²) in [5, 5.41) is 4.40. The van der Waals surface area contributed by atoms with E-state index in [0.29, 0.717) is 11.5 Å². The molecule has 0 spiro atoms. The van der Waals surface area contributed by atoms with Crippen LogP contribution in [0.5, 0.6) is 0 Å². The van der Waals surface area contributed by atoms with Gasteiger partial charge in [0.1, 0.15) is 0 Å². The number of anilines is 3. The number of nitrogens with two attached hydrogens (primary N) is 1. The van der Waals surface area contributed by atoms with Crippen molar-refractivity contribution in [3.8, 4) is 0 Å². The van der Waals surface area contributed by atoms with Crippen LogP contribution in [0.15, 0.2) is 79.1 Å². The third kappa shape index (κ3) is 3.39. The Hall–Kier alpha value is -3.66. The molecule has 4 rings (SSSR count). The Morgan fingerprint density at radius 2 is 1.73 bits per heavy atom. The second kappa shape index (κ2) is 7.07. The zero-order valence-electron chi connectivity index (χ0n) is 14.1. The Morgan fingerprint density at radius 1 is 0.808 bits per heavy atom. The quantitative estimate of drug-likeness (QED) is 0.542. The van der Waals surface area contributed by atoms with Gasteiger partial charge in [-0.3, -0.25) is 4.98 Å². The van der Waals surface area contributed by atoms with Crippen LogP contribution in [-0.4, -0.2) is 9.97 Å². The highest BCUT2D eigenvalue weighted by Crippen LogP contribution is 2.22. The van der Waals surface area contributed by atoms with E-state index in [9.17, 15) is 0 Å². The van der Waals surface area contributed by atoms with Gasteiger partial charge in [-0.25, -0.2) is 4.98 Å². The van der Waals surface area contributed by atoms with E-state index in [0.717, 1.165) is 27.7 Å². The highest BCUT2D eigenvalue weighted by atomic mass is 15.0. The molecule has 126 valence electrons. The van der Waals surface area contributed by atoms with Crippen molar-refractivity contribution in [3.05, 3.63) is 90.3 Å². The van der Waals surface area contributed by atoms with Crippen molar-refractivity contribution < 1.29 is 0 Å². The highest BCUT2D eigenvalue weighted by Gasteiger charge is 2.01. The third-order valence-corrected chi connectivity index (χ3v) is 4.13. The Bertz CT molecular complexity index is 1080. The maximum absolute atomic E-state index is 5.95. The SMILES string of the molecule is Nc1cccnc1Nc1cccc(/C=C/c2ccnc3ccccc23)c1. The van der Waals surface area contributed by atoms with Crippen molar-refractivity contribution in [2.24, 2.45) is 0 Å². The van der Waals surface area contributed by atoms with E-state index >= 15 is 0 Å². The van der Waals surface area contributed by atoms with Crippen LogP contribution < -0.4 is 11.1 Å². The normalized spacial score (nSPS) is 11.1. The van der Waals surface area contributed by atoms with E-state index in [-0.39, 0.29) is 0 Å². The fourth-order valence-electron chi connectivity index (χ4n) is 2.83. The molecule has 2 aromatic heterocycles. The number of rotatable bonds is 4. The number of nitrogens with zero attached hydrogens (tertiary/aromatic N) is 2. The first-order chi connectivity index (χ1) is 12.8. The van der Waals surface area contributed by atoms with Gasteiger partial charge in [0.15, 0.2) is 5.82 Å². The first kappa shape index (κ1) is 15.8. The maximum Gasteiger partial charge on any atom is 0.153 e.